The van der Waals surface area contributed by atoms with E-state index in [9.17, 15) is 0 Å². The van der Waals surface area contributed by atoms with Gasteiger partial charge in [0.2, 0.25) is 0 Å². The lowest BCUT2D eigenvalue weighted by atomic mass is 9.79. The van der Waals surface area contributed by atoms with E-state index in [4.69, 9.17) is 0 Å². The van der Waals surface area contributed by atoms with Crippen LogP contribution in [0.15, 0.2) is 60.7 Å². The Bertz CT molecular complexity index is 799. The lowest BCUT2D eigenvalue weighted by Crippen LogP contribution is -2.07. The number of hydrogen-bond donors (Lipinski definition) is 0. The number of nitrogens with zero attached hydrogens (tertiary/aromatic N) is 1. The van der Waals surface area contributed by atoms with Gasteiger partial charge in [-0.25, -0.2) is 0 Å². The van der Waals surface area contributed by atoms with Gasteiger partial charge in [-0.2, -0.15) is 0 Å². The first-order chi connectivity index (χ1) is 9.84. The smallest absolute Gasteiger partial charge is 0.110 e. The van der Waals surface area contributed by atoms with Crippen molar-refractivity contribution in [2.45, 2.75) is 12.2 Å². The van der Waals surface area contributed by atoms with E-state index in [1.54, 1.807) is 0 Å². The van der Waals surface area contributed by atoms with Gasteiger partial charge in [0.1, 0.15) is 7.85 Å². The van der Waals surface area contributed by atoms with Crippen LogP contribution in [-0.4, -0.2) is 12.4 Å². The molecule has 1 aliphatic rings. The third-order valence-electron chi connectivity index (χ3n) is 4.14. The van der Waals surface area contributed by atoms with Crippen molar-refractivity contribution < 1.29 is 0 Å². The SMILES string of the molecule is BC1C=Cc2c(n(-c3ccccc3)c3ccccc23)C1. The molecule has 96 valence electrons. The predicted molar refractivity (Wildman–Crippen MR) is 88.3 cm³/mol. The Morgan fingerprint density at radius 2 is 1.70 bits per heavy atom. The monoisotopic (exact) mass is 257 g/mol. The molecular formula is C18H16BN. The molecule has 4 rings (SSSR count). The molecule has 0 N–H and O–H groups in total. The zero-order valence-corrected chi connectivity index (χ0v) is 11.6. The van der Waals surface area contributed by atoms with Gasteiger partial charge < -0.3 is 4.57 Å². The Balaban J connectivity index is 2.10. The summed E-state index contributed by atoms with van der Waals surface area (Å²) in [5.41, 5.74) is 5.39. The summed E-state index contributed by atoms with van der Waals surface area (Å²) in [6.07, 6.45) is 5.73. The normalized spacial score (nSPS) is 17.3. The maximum Gasteiger partial charge on any atom is 0.110 e. The number of allylic oxidation sites excluding steroid dienone is 1. The number of rotatable bonds is 1. The molecule has 1 nitrogen and oxygen atoms in total. The molecular weight excluding hydrogens is 241 g/mol. The van der Waals surface area contributed by atoms with Crippen LogP contribution in [0.3, 0.4) is 0 Å². The number of aromatic nitrogens is 1. The third-order valence-corrected chi connectivity index (χ3v) is 4.14. The second kappa shape index (κ2) is 4.41. The summed E-state index contributed by atoms with van der Waals surface area (Å²) in [7, 11) is 2.28. The highest BCUT2D eigenvalue weighted by Crippen LogP contribution is 2.35. The molecule has 1 heterocycles. The maximum atomic E-state index is 2.42. The third kappa shape index (κ3) is 1.65. The molecule has 2 heteroatoms. The Labute approximate surface area is 120 Å². The molecule has 3 aromatic rings. The van der Waals surface area contributed by atoms with Crippen LogP contribution in [0.25, 0.3) is 22.7 Å². The second-order valence-electron chi connectivity index (χ2n) is 5.59. The van der Waals surface area contributed by atoms with Gasteiger partial charge in [-0.05, 0) is 30.4 Å². The van der Waals surface area contributed by atoms with Gasteiger partial charge in [0.15, 0.2) is 0 Å². The quantitative estimate of drug-likeness (QED) is 0.587. The van der Waals surface area contributed by atoms with Crippen molar-refractivity contribution in [1.29, 1.82) is 0 Å². The molecule has 0 fully saturated rings. The molecule has 0 bridgehead atoms. The standard InChI is InChI=1S/C18H16BN/c19-13-10-11-16-15-8-4-5-9-17(15)20(18(16)12-13)14-6-2-1-3-7-14/h1-11,13H,12,19H2. The van der Waals surface area contributed by atoms with E-state index in [1.807, 2.05) is 0 Å². The fourth-order valence-electron chi connectivity index (χ4n) is 3.21. The van der Waals surface area contributed by atoms with Crippen molar-refractivity contribution in [3.8, 4) is 5.69 Å². The summed E-state index contributed by atoms with van der Waals surface area (Å²) in [6.45, 7) is 0. The van der Waals surface area contributed by atoms with Crippen molar-refractivity contribution in [3.63, 3.8) is 0 Å². The van der Waals surface area contributed by atoms with Gasteiger partial charge in [-0.15, -0.1) is 0 Å². The van der Waals surface area contributed by atoms with Crippen molar-refractivity contribution in [2.24, 2.45) is 0 Å². The summed E-state index contributed by atoms with van der Waals surface area (Å²) >= 11 is 0. The minimum atomic E-state index is 0.606. The van der Waals surface area contributed by atoms with E-state index < -0.39 is 0 Å². The fraction of sp³-hybridized carbons (Fsp3) is 0.111. The molecule has 2 aromatic carbocycles. The fourth-order valence-corrected chi connectivity index (χ4v) is 3.21. The van der Waals surface area contributed by atoms with Gasteiger partial charge in [0.05, 0.1) is 5.52 Å². The topological polar surface area (TPSA) is 4.93 Å². The molecule has 0 aliphatic heterocycles. The van der Waals surface area contributed by atoms with Crippen molar-refractivity contribution in [1.82, 2.24) is 4.57 Å². The van der Waals surface area contributed by atoms with Crippen LogP contribution in [0.1, 0.15) is 11.3 Å². The minimum Gasteiger partial charge on any atom is -0.313 e. The molecule has 20 heavy (non-hydrogen) atoms. The zero-order valence-electron chi connectivity index (χ0n) is 11.6. The van der Waals surface area contributed by atoms with E-state index in [-0.39, 0.29) is 0 Å². The Kier molecular flexibility index (Phi) is 2.56. The first kappa shape index (κ1) is 11.6. The van der Waals surface area contributed by atoms with E-state index in [1.165, 1.54) is 27.8 Å². The molecule has 0 spiro atoms. The van der Waals surface area contributed by atoms with E-state index in [0.29, 0.717) is 5.82 Å². The van der Waals surface area contributed by atoms with Crippen LogP contribution in [0.4, 0.5) is 0 Å². The van der Waals surface area contributed by atoms with Gasteiger partial charge in [0.25, 0.3) is 0 Å². The molecule has 0 saturated heterocycles. The molecule has 1 aliphatic carbocycles. The van der Waals surface area contributed by atoms with Crippen LogP contribution in [0.5, 0.6) is 0 Å². The van der Waals surface area contributed by atoms with Gasteiger partial charge >= 0.3 is 0 Å². The average molecular weight is 257 g/mol. The predicted octanol–water partition coefficient (Wildman–Crippen LogP) is 3.62. The van der Waals surface area contributed by atoms with Crippen LogP contribution in [-0.2, 0) is 6.42 Å². The number of benzene rings is 2. The van der Waals surface area contributed by atoms with E-state index >= 15 is 0 Å². The zero-order chi connectivity index (χ0) is 13.5. The minimum absolute atomic E-state index is 0.606. The Hall–Kier alpha value is -2.22. The van der Waals surface area contributed by atoms with Crippen LogP contribution >= 0.6 is 0 Å². The maximum absolute atomic E-state index is 2.42. The Morgan fingerprint density at radius 1 is 0.950 bits per heavy atom. The number of hydrogen-bond acceptors (Lipinski definition) is 0. The summed E-state index contributed by atoms with van der Waals surface area (Å²) in [6, 6.07) is 19.4. The molecule has 0 saturated carbocycles. The van der Waals surface area contributed by atoms with Crippen molar-refractivity contribution in [3.05, 3.63) is 71.9 Å². The first-order valence-corrected chi connectivity index (χ1v) is 7.20. The summed E-state index contributed by atoms with van der Waals surface area (Å²) in [5.74, 6) is 0.606. The molecule has 1 aromatic heterocycles. The number of para-hydroxylation sites is 2. The summed E-state index contributed by atoms with van der Waals surface area (Å²) in [5, 5.41) is 1.36. The largest absolute Gasteiger partial charge is 0.313 e. The first-order valence-electron chi connectivity index (χ1n) is 7.20. The Morgan fingerprint density at radius 3 is 2.55 bits per heavy atom. The average Bonchev–Trinajstić information content (AvgIpc) is 2.81. The lowest BCUT2D eigenvalue weighted by molar-refractivity contribution is 0.885. The van der Waals surface area contributed by atoms with Gasteiger partial charge in [-0.1, -0.05) is 48.6 Å². The lowest BCUT2D eigenvalue weighted by Gasteiger charge is -2.17. The molecule has 0 amide bonds. The van der Waals surface area contributed by atoms with E-state index in [0.717, 1.165) is 6.42 Å². The van der Waals surface area contributed by atoms with Crippen LogP contribution in [0.2, 0.25) is 5.82 Å². The molecule has 0 radical (unpaired) electrons. The molecule has 1 unspecified atom stereocenters. The van der Waals surface area contributed by atoms with Crippen LogP contribution in [0, 0.1) is 0 Å². The van der Waals surface area contributed by atoms with E-state index in [2.05, 4.69) is 79.2 Å². The highest BCUT2D eigenvalue weighted by molar-refractivity contribution is 6.14. The van der Waals surface area contributed by atoms with Gasteiger partial charge in [0, 0.05) is 22.3 Å². The summed E-state index contributed by atoms with van der Waals surface area (Å²) < 4.78 is 2.42. The second-order valence-corrected chi connectivity index (χ2v) is 5.59. The highest BCUT2D eigenvalue weighted by atomic mass is 15.0. The van der Waals surface area contributed by atoms with Gasteiger partial charge in [-0.3, -0.25) is 0 Å². The molecule has 1 atom stereocenters. The van der Waals surface area contributed by atoms with Crippen molar-refractivity contribution >= 4 is 24.8 Å². The van der Waals surface area contributed by atoms with Crippen LogP contribution < -0.4 is 0 Å². The highest BCUT2D eigenvalue weighted by Gasteiger charge is 2.20. The van der Waals surface area contributed by atoms with Crippen molar-refractivity contribution in [2.75, 3.05) is 0 Å². The summed E-state index contributed by atoms with van der Waals surface area (Å²) in [4.78, 5) is 0. The number of fused-ring (bicyclic) bond motifs is 3.